The molecule has 2 aromatic rings. The highest BCUT2D eigenvalue weighted by molar-refractivity contribution is 6.39. The van der Waals surface area contributed by atoms with E-state index in [0.29, 0.717) is 33.3 Å². The summed E-state index contributed by atoms with van der Waals surface area (Å²) >= 11 is 12.3. The summed E-state index contributed by atoms with van der Waals surface area (Å²) in [6.45, 7) is 3.74. The minimum Gasteiger partial charge on any atom is -0.337 e. The maximum absolute atomic E-state index is 12.6. The lowest BCUT2D eigenvalue weighted by Crippen LogP contribution is -2.38. The Labute approximate surface area is 151 Å². The lowest BCUT2D eigenvalue weighted by Gasteiger charge is -2.30. The van der Waals surface area contributed by atoms with Gasteiger partial charge in [-0.05, 0) is 37.0 Å². The molecule has 1 saturated heterocycles. The predicted octanol–water partition coefficient (Wildman–Crippen LogP) is 4.40. The third-order valence-corrected chi connectivity index (χ3v) is 4.78. The van der Waals surface area contributed by atoms with E-state index in [9.17, 15) is 4.79 Å². The van der Waals surface area contributed by atoms with Crippen molar-refractivity contribution in [2.24, 2.45) is 5.92 Å². The molecule has 3 rings (SSSR count). The summed E-state index contributed by atoms with van der Waals surface area (Å²) in [6.07, 6.45) is 3.61. The Balaban J connectivity index is 1.78. The summed E-state index contributed by atoms with van der Waals surface area (Å²) in [4.78, 5) is 22.9. The van der Waals surface area contributed by atoms with Gasteiger partial charge in [0.15, 0.2) is 0 Å². The van der Waals surface area contributed by atoms with Crippen LogP contribution in [0, 0.1) is 5.92 Å². The summed E-state index contributed by atoms with van der Waals surface area (Å²) in [6, 6.07) is 6.83. The highest BCUT2D eigenvalue weighted by atomic mass is 35.5. The summed E-state index contributed by atoms with van der Waals surface area (Å²) in [5.74, 6) is 0.887. The van der Waals surface area contributed by atoms with Crippen LogP contribution in [-0.2, 0) is 0 Å². The molecule has 0 bridgehead atoms. The number of nitrogens with one attached hydrogen (secondary N) is 1. The Bertz CT molecular complexity index is 725. The van der Waals surface area contributed by atoms with Crippen LogP contribution in [0.3, 0.4) is 0 Å². The van der Waals surface area contributed by atoms with Gasteiger partial charge < -0.3 is 10.2 Å². The number of hydrogen-bond donors (Lipinski definition) is 1. The van der Waals surface area contributed by atoms with Crippen LogP contribution < -0.4 is 5.32 Å². The number of halogens is 2. The Morgan fingerprint density at radius 2 is 1.88 bits per heavy atom. The zero-order chi connectivity index (χ0) is 17.1. The van der Waals surface area contributed by atoms with Gasteiger partial charge in [0, 0.05) is 19.3 Å². The van der Waals surface area contributed by atoms with Crippen LogP contribution in [0.15, 0.2) is 30.5 Å². The Morgan fingerprint density at radius 3 is 2.54 bits per heavy atom. The molecule has 1 aromatic carbocycles. The zero-order valence-electron chi connectivity index (χ0n) is 13.3. The molecular formula is C17H18Cl2N4O. The van der Waals surface area contributed by atoms with Gasteiger partial charge in [0.25, 0.3) is 5.91 Å². The quantitative estimate of drug-likeness (QED) is 0.876. The van der Waals surface area contributed by atoms with E-state index in [1.165, 1.54) is 0 Å². The van der Waals surface area contributed by atoms with Crippen LogP contribution >= 0.6 is 23.2 Å². The van der Waals surface area contributed by atoms with E-state index in [1.54, 1.807) is 30.5 Å². The number of amides is 1. The van der Waals surface area contributed by atoms with Gasteiger partial charge in [0.05, 0.1) is 15.7 Å². The average Bonchev–Trinajstić information content (AvgIpc) is 2.59. The molecule has 1 amide bonds. The van der Waals surface area contributed by atoms with E-state index < -0.39 is 0 Å². The number of rotatable bonds is 3. The molecule has 2 heterocycles. The van der Waals surface area contributed by atoms with Crippen molar-refractivity contribution < 1.29 is 4.79 Å². The summed E-state index contributed by atoms with van der Waals surface area (Å²) in [7, 11) is 0. The first kappa shape index (κ1) is 17.0. The number of hydrogen-bond acceptors (Lipinski definition) is 4. The first-order valence-electron chi connectivity index (χ1n) is 7.88. The number of anilines is 2. The van der Waals surface area contributed by atoms with Crippen molar-refractivity contribution in [1.82, 2.24) is 14.9 Å². The standard InChI is InChI=1S/C17H18Cl2N4O/c1-11-6-9-23(10-7-11)16(24)14-5-8-20-17(21-14)22-15-12(18)3-2-4-13(15)19/h2-5,8,11H,6-7,9-10H2,1H3,(H,20,21,22). The number of aromatic nitrogens is 2. The third-order valence-electron chi connectivity index (χ3n) is 4.15. The highest BCUT2D eigenvalue weighted by Crippen LogP contribution is 2.31. The molecule has 1 aromatic heterocycles. The number of nitrogens with zero attached hydrogens (tertiary/aromatic N) is 3. The number of benzene rings is 1. The molecule has 0 radical (unpaired) electrons. The smallest absolute Gasteiger partial charge is 0.272 e. The van der Waals surface area contributed by atoms with Crippen LogP contribution in [0.4, 0.5) is 11.6 Å². The van der Waals surface area contributed by atoms with E-state index in [0.717, 1.165) is 25.9 Å². The molecule has 0 saturated carbocycles. The van der Waals surface area contributed by atoms with Crippen molar-refractivity contribution >= 4 is 40.7 Å². The minimum absolute atomic E-state index is 0.0717. The van der Waals surface area contributed by atoms with Gasteiger partial charge in [-0.3, -0.25) is 4.79 Å². The second kappa shape index (κ2) is 7.36. The van der Waals surface area contributed by atoms with Crippen molar-refractivity contribution in [3.63, 3.8) is 0 Å². The van der Waals surface area contributed by atoms with Gasteiger partial charge >= 0.3 is 0 Å². The molecule has 1 aliphatic rings. The lowest BCUT2D eigenvalue weighted by molar-refractivity contribution is 0.0691. The topological polar surface area (TPSA) is 58.1 Å². The lowest BCUT2D eigenvalue weighted by atomic mass is 9.99. The zero-order valence-corrected chi connectivity index (χ0v) is 14.8. The molecular weight excluding hydrogens is 347 g/mol. The molecule has 0 atom stereocenters. The third kappa shape index (κ3) is 3.79. The molecule has 0 aliphatic carbocycles. The fraction of sp³-hybridized carbons (Fsp3) is 0.353. The van der Waals surface area contributed by atoms with Crippen molar-refractivity contribution in [2.75, 3.05) is 18.4 Å². The maximum atomic E-state index is 12.6. The molecule has 7 heteroatoms. The normalized spacial score (nSPS) is 15.4. The van der Waals surface area contributed by atoms with Gasteiger partial charge in [-0.25, -0.2) is 9.97 Å². The first-order valence-corrected chi connectivity index (χ1v) is 8.63. The number of carbonyl (C=O) groups excluding carboxylic acids is 1. The molecule has 0 unspecified atom stereocenters. The molecule has 0 spiro atoms. The SMILES string of the molecule is CC1CCN(C(=O)c2ccnc(Nc3c(Cl)cccc3Cl)n2)CC1. The second-order valence-electron chi connectivity index (χ2n) is 5.96. The Hall–Kier alpha value is -1.85. The summed E-state index contributed by atoms with van der Waals surface area (Å²) in [5.41, 5.74) is 0.891. The Kier molecular flexibility index (Phi) is 5.21. The van der Waals surface area contributed by atoms with Gasteiger partial charge in [-0.2, -0.15) is 0 Å². The maximum Gasteiger partial charge on any atom is 0.272 e. The summed E-state index contributed by atoms with van der Waals surface area (Å²) in [5, 5.41) is 3.92. The van der Waals surface area contributed by atoms with Crippen molar-refractivity contribution in [2.45, 2.75) is 19.8 Å². The van der Waals surface area contributed by atoms with Crippen LogP contribution in [0.1, 0.15) is 30.3 Å². The first-order chi connectivity index (χ1) is 11.5. The van der Waals surface area contributed by atoms with Crippen LogP contribution in [-0.4, -0.2) is 33.9 Å². The van der Waals surface area contributed by atoms with E-state index in [1.807, 2.05) is 4.90 Å². The largest absolute Gasteiger partial charge is 0.337 e. The molecule has 24 heavy (non-hydrogen) atoms. The molecule has 1 fully saturated rings. The van der Waals surface area contributed by atoms with Crippen molar-refractivity contribution in [1.29, 1.82) is 0 Å². The molecule has 5 nitrogen and oxygen atoms in total. The van der Waals surface area contributed by atoms with Crippen LogP contribution in [0.5, 0.6) is 0 Å². The van der Waals surface area contributed by atoms with Crippen molar-refractivity contribution in [3.8, 4) is 0 Å². The van der Waals surface area contributed by atoms with E-state index in [4.69, 9.17) is 23.2 Å². The van der Waals surface area contributed by atoms with Crippen LogP contribution in [0.2, 0.25) is 10.0 Å². The predicted molar refractivity (Wildman–Crippen MR) is 96.1 cm³/mol. The second-order valence-corrected chi connectivity index (χ2v) is 6.78. The van der Waals surface area contributed by atoms with E-state index in [2.05, 4.69) is 22.2 Å². The van der Waals surface area contributed by atoms with Gasteiger partial charge in [-0.15, -0.1) is 0 Å². The summed E-state index contributed by atoms with van der Waals surface area (Å²) < 4.78 is 0. The number of para-hydroxylation sites is 1. The van der Waals surface area contributed by atoms with Gasteiger partial charge in [0.2, 0.25) is 5.95 Å². The molecule has 1 aliphatic heterocycles. The van der Waals surface area contributed by atoms with Crippen molar-refractivity contribution in [3.05, 3.63) is 46.2 Å². The minimum atomic E-state index is -0.0717. The molecule has 1 N–H and O–H groups in total. The average molecular weight is 365 g/mol. The fourth-order valence-electron chi connectivity index (χ4n) is 2.64. The Morgan fingerprint density at radius 1 is 1.21 bits per heavy atom. The number of carbonyl (C=O) groups is 1. The molecule has 126 valence electrons. The number of likely N-dealkylation sites (tertiary alicyclic amines) is 1. The van der Waals surface area contributed by atoms with E-state index >= 15 is 0 Å². The van der Waals surface area contributed by atoms with E-state index in [-0.39, 0.29) is 5.91 Å². The monoisotopic (exact) mass is 364 g/mol. The van der Waals surface area contributed by atoms with Gasteiger partial charge in [0.1, 0.15) is 5.69 Å². The number of piperidine rings is 1. The highest BCUT2D eigenvalue weighted by Gasteiger charge is 2.22. The van der Waals surface area contributed by atoms with Gasteiger partial charge in [-0.1, -0.05) is 36.2 Å². The van der Waals surface area contributed by atoms with Crippen LogP contribution in [0.25, 0.3) is 0 Å². The fourth-order valence-corrected chi connectivity index (χ4v) is 3.13.